The molecule has 112 valence electrons. The maximum Gasteiger partial charge on any atom is 0.245 e. The lowest BCUT2D eigenvalue weighted by atomic mass is 10.1. The first-order chi connectivity index (χ1) is 10.2. The molecule has 1 N–H and O–H groups in total. The van der Waals surface area contributed by atoms with Crippen LogP contribution in [0.5, 0.6) is 0 Å². The average Bonchev–Trinajstić information content (AvgIpc) is 3.28. The molecule has 4 nitrogen and oxygen atoms in total. The minimum atomic E-state index is -0.331. The lowest BCUT2D eigenvalue weighted by molar-refractivity contribution is -0.134. The molecule has 2 amide bonds. The summed E-state index contributed by atoms with van der Waals surface area (Å²) >= 11 is 0. The second-order valence-corrected chi connectivity index (χ2v) is 6.01. The summed E-state index contributed by atoms with van der Waals surface area (Å²) in [4.78, 5) is 26.4. The van der Waals surface area contributed by atoms with E-state index in [1.807, 2.05) is 30.0 Å². The number of rotatable bonds is 4. The summed E-state index contributed by atoms with van der Waals surface area (Å²) in [5, 5.41) is 2.87. The van der Waals surface area contributed by atoms with Crippen molar-refractivity contribution in [2.75, 3.05) is 6.54 Å². The monoisotopic (exact) mass is 286 g/mol. The lowest BCUT2D eigenvalue weighted by Gasteiger charge is -2.24. The molecular weight excluding hydrogens is 264 g/mol. The van der Waals surface area contributed by atoms with Crippen molar-refractivity contribution in [1.29, 1.82) is 0 Å². The standard InChI is InChI=1S/C17H22N2O2/c1-2-6-14-17(21)19(10-9-16(20)18-14)15-11-13(15)12-7-4-3-5-8-12/h3-5,7-8,13-15H,2,6,9-11H2,1H3,(H,18,20). The molecule has 2 aliphatic rings. The Hall–Kier alpha value is -1.84. The molecule has 0 bridgehead atoms. The highest BCUT2D eigenvalue weighted by Gasteiger charge is 2.46. The quantitative estimate of drug-likeness (QED) is 0.921. The third kappa shape index (κ3) is 2.94. The van der Waals surface area contributed by atoms with Crippen molar-refractivity contribution in [2.45, 2.75) is 50.6 Å². The summed E-state index contributed by atoms with van der Waals surface area (Å²) in [5.74, 6) is 0.540. The van der Waals surface area contributed by atoms with Crippen LogP contribution in [-0.4, -0.2) is 35.3 Å². The number of amides is 2. The van der Waals surface area contributed by atoms with E-state index < -0.39 is 0 Å². The lowest BCUT2D eigenvalue weighted by Crippen LogP contribution is -2.45. The summed E-state index contributed by atoms with van der Waals surface area (Å²) < 4.78 is 0. The van der Waals surface area contributed by atoms with E-state index in [0.717, 1.165) is 19.3 Å². The summed E-state index contributed by atoms with van der Waals surface area (Å²) in [7, 11) is 0. The zero-order valence-corrected chi connectivity index (χ0v) is 12.4. The van der Waals surface area contributed by atoms with Gasteiger partial charge < -0.3 is 10.2 Å². The van der Waals surface area contributed by atoms with Crippen LogP contribution in [0, 0.1) is 0 Å². The minimum absolute atomic E-state index is 0.00112. The van der Waals surface area contributed by atoms with E-state index in [9.17, 15) is 9.59 Å². The normalized spacial score (nSPS) is 29.0. The van der Waals surface area contributed by atoms with Gasteiger partial charge in [-0.2, -0.15) is 0 Å². The summed E-state index contributed by atoms with van der Waals surface area (Å²) in [5.41, 5.74) is 1.30. The molecule has 4 heteroatoms. The molecule has 1 aliphatic heterocycles. The highest BCUT2D eigenvalue weighted by molar-refractivity contribution is 5.90. The number of carbonyl (C=O) groups excluding carboxylic acids is 2. The van der Waals surface area contributed by atoms with Crippen LogP contribution < -0.4 is 5.32 Å². The number of nitrogens with zero attached hydrogens (tertiary/aromatic N) is 1. The molecule has 0 aromatic heterocycles. The van der Waals surface area contributed by atoms with Gasteiger partial charge in [0.1, 0.15) is 6.04 Å². The van der Waals surface area contributed by atoms with Crippen LogP contribution in [0.15, 0.2) is 30.3 Å². The first kappa shape index (κ1) is 14.1. The van der Waals surface area contributed by atoms with Crippen LogP contribution in [0.2, 0.25) is 0 Å². The molecule has 0 spiro atoms. The highest BCUT2D eigenvalue weighted by atomic mass is 16.2. The maximum absolute atomic E-state index is 12.7. The zero-order chi connectivity index (χ0) is 14.8. The molecule has 3 unspecified atom stereocenters. The second kappa shape index (κ2) is 5.88. The molecule has 21 heavy (non-hydrogen) atoms. The van der Waals surface area contributed by atoms with Gasteiger partial charge in [-0.05, 0) is 18.4 Å². The summed E-state index contributed by atoms with van der Waals surface area (Å²) in [6.45, 7) is 2.59. The van der Waals surface area contributed by atoms with E-state index in [2.05, 4.69) is 17.4 Å². The van der Waals surface area contributed by atoms with Gasteiger partial charge in [0, 0.05) is 24.9 Å². The molecule has 1 aliphatic carbocycles. The summed E-state index contributed by atoms with van der Waals surface area (Å²) in [6.07, 6.45) is 3.06. The first-order valence-electron chi connectivity index (χ1n) is 7.85. The van der Waals surface area contributed by atoms with E-state index in [-0.39, 0.29) is 23.9 Å². The van der Waals surface area contributed by atoms with E-state index in [1.54, 1.807) is 0 Å². The number of nitrogens with one attached hydrogen (secondary N) is 1. The molecule has 0 radical (unpaired) electrons. The second-order valence-electron chi connectivity index (χ2n) is 6.01. The van der Waals surface area contributed by atoms with Crippen LogP contribution in [0.25, 0.3) is 0 Å². The van der Waals surface area contributed by atoms with Crippen molar-refractivity contribution < 1.29 is 9.59 Å². The molecule has 1 saturated heterocycles. The Bertz CT molecular complexity index is 529. The van der Waals surface area contributed by atoms with E-state index >= 15 is 0 Å². The van der Waals surface area contributed by atoms with E-state index in [4.69, 9.17) is 0 Å². The molecule has 2 fully saturated rings. The fourth-order valence-corrected chi connectivity index (χ4v) is 3.26. The number of benzene rings is 1. The SMILES string of the molecule is CCCC1NC(=O)CCN(C2CC2c2ccccc2)C1=O. The average molecular weight is 286 g/mol. The Balaban J connectivity index is 1.73. The molecule has 1 aromatic rings. The van der Waals surface area contributed by atoms with Gasteiger partial charge in [-0.3, -0.25) is 9.59 Å². The number of carbonyl (C=O) groups is 2. The molecule has 3 atom stereocenters. The van der Waals surface area contributed by atoms with Gasteiger partial charge in [0.05, 0.1) is 0 Å². The molecule has 1 aromatic carbocycles. The number of hydrogen-bond donors (Lipinski definition) is 1. The molecular formula is C17H22N2O2. The van der Waals surface area contributed by atoms with Crippen molar-refractivity contribution in [2.24, 2.45) is 0 Å². The van der Waals surface area contributed by atoms with Crippen LogP contribution >= 0.6 is 0 Å². The van der Waals surface area contributed by atoms with Crippen molar-refractivity contribution in [3.8, 4) is 0 Å². The zero-order valence-electron chi connectivity index (χ0n) is 12.4. The minimum Gasteiger partial charge on any atom is -0.344 e. The largest absolute Gasteiger partial charge is 0.344 e. The molecule has 3 rings (SSSR count). The molecule has 1 heterocycles. The summed E-state index contributed by atoms with van der Waals surface area (Å²) in [6, 6.07) is 10.3. The van der Waals surface area contributed by atoms with Crippen molar-refractivity contribution in [3.63, 3.8) is 0 Å². The highest BCUT2D eigenvalue weighted by Crippen LogP contribution is 2.45. The molecule has 1 saturated carbocycles. The van der Waals surface area contributed by atoms with Crippen molar-refractivity contribution in [1.82, 2.24) is 10.2 Å². The first-order valence-corrected chi connectivity index (χ1v) is 7.85. The third-order valence-electron chi connectivity index (χ3n) is 4.46. The van der Waals surface area contributed by atoms with Crippen LogP contribution in [0.1, 0.15) is 44.1 Å². The Morgan fingerprint density at radius 2 is 2.00 bits per heavy atom. The predicted octanol–water partition coefficient (Wildman–Crippen LogP) is 2.06. The smallest absolute Gasteiger partial charge is 0.245 e. The topological polar surface area (TPSA) is 49.4 Å². The van der Waals surface area contributed by atoms with E-state index in [0.29, 0.717) is 18.9 Å². The number of hydrogen-bond acceptors (Lipinski definition) is 2. The van der Waals surface area contributed by atoms with Crippen LogP contribution in [0.3, 0.4) is 0 Å². The Kier molecular flexibility index (Phi) is 3.95. The van der Waals surface area contributed by atoms with Gasteiger partial charge in [0.15, 0.2) is 0 Å². The fraction of sp³-hybridized carbons (Fsp3) is 0.529. The Morgan fingerprint density at radius 1 is 1.24 bits per heavy atom. The predicted molar refractivity (Wildman–Crippen MR) is 80.8 cm³/mol. The van der Waals surface area contributed by atoms with Crippen LogP contribution in [-0.2, 0) is 9.59 Å². The maximum atomic E-state index is 12.7. The van der Waals surface area contributed by atoms with Gasteiger partial charge >= 0.3 is 0 Å². The fourth-order valence-electron chi connectivity index (χ4n) is 3.26. The van der Waals surface area contributed by atoms with Crippen LogP contribution in [0.4, 0.5) is 0 Å². The van der Waals surface area contributed by atoms with Gasteiger partial charge in [-0.25, -0.2) is 0 Å². The Labute approximate surface area is 125 Å². The van der Waals surface area contributed by atoms with Gasteiger partial charge in [0.2, 0.25) is 11.8 Å². The van der Waals surface area contributed by atoms with Gasteiger partial charge in [0.25, 0.3) is 0 Å². The van der Waals surface area contributed by atoms with Gasteiger partial charge in [-0.15, -0.1) is 0 Å². The van der Waals surface area contributed by atoms with Gasteiger partial charge in [-0.1, -0.05) is 43.7 Å². The van der Waals surface area contributed by atoms with Crippen molar-refractivity contribution in [3.05, 3.63) is 35.9 Å². The Morgan fingerprint density at radius 3 is 2.71 bits per heavy atom. The van der Waals surface area contributed by atoms with E-state index in [1.165, 1.54) is 5.56 Å². The third-order valence-corrected chi connectivity index (χ3v) is 4.46. The van der Waals surface area contributed by atoms with Crippen molar-refractivity contribution >= 4 is 11.8 Å².